The lowest BCUT2D eigenvalue weighted by Crippen LogP contribution is -2.53. The molecule has 0 amide bonds. The lowest BCUT2D eigenvalue weighted by Gasteiger charge is -2.28. The van der Waals surface area contributed by atoms with Crippen LogP contribution in [0.4, 0.5) is 0 Å². The van der Waals surface area contributed by atoms with Crippen LogP contribution in [0.1, 0.15) is 37.8 Å². The number of thioether (sulfide) groups is 1. The number of aryl methyl sites for hydroxylation is 1. The number of rotatable bonds is 8. The average molecular weight is 307 g/mol. The van der Waals surface area contributed by atoms with Crippen LogP contribution in [-0.4, -0.2) is 29.9 Å². The van der Waals surface area contributed by atoms with Crippen molar-refractivity contribution in [2.24, 2.45) is 0 Å². The number of carbonyl (C=O) groups is 1. The van der Waals surface area contributed by atoms with Crippen LogP contribution in [0.5, 0.6) is 0 Å². The van der Waals surface area contributed by atoms with E-state index >= 15 is 0 Å². The van der Waals surface area contributed by atoms with Gasteiger partial charge in [-0.05, 0) is 39.2 Å². The highest BCUT2D eigenvalue weighted by atomic mass is 32.2. The number of nitrogens with one attached hydrogen (secondary N) is 1. The Morgan fingerprint density at radius 1 is 1.48 bits per heavy atom. The normalized spacial score (nSPS) is 17.3. The van der Waals surface area contributed by atoms with Gasteiger partial charge in [0.2, 0.25) is 0 Å². The second-order valence-corrected chi connectivity index (χ2v) is 6.94. The Labute approximate surface area is 131 Å². The van der Waals surface area contributed by atoms with Crippen LogP contribution >= 0.6 is 11.8 Å². The smallest absolute Gasteiger partial charge is 0.326 e. The first-order valence-corrected chi connectivity index (χ1v) is 8.77. The van der Waals surface area contributed by atoms with Gasteiger partial charge in [0.25, 0.3) is 0 Å². The Bertz CT molecular complexity index is 487. The molecule has 0 bridgehead atoms. The first-order chi connectivity index (χ1) is 10.0. The fourth-order valence-electron chi connectivity index (χ4n) is 2.30. The summed E-state index contributed by atoms with van der Waals surface area (Å²) in [5.74, 6) is 1.52. The molecule has 0 heterocycles. The number of esters is 1. The number of hydrogen-bond donors (Lipinski definition) is 1. The summed E-state index contributed by atoms with van der Waals surface area (Å²) in [4.78, 5) is 12.2. The minimum atomic E-state index is -0.578. The van der Waals surface area contributed by atoms with Gasteiger partial charge in [-0.25, -0.2) is 0 Å². The topological polar surface area (TPSA) is 38.3 Å². The lowest BCUT2D eigenvalue weighted by molar-refractivity contribution is -0.149. The van der Waals surface area contributed by atoms with E-state index in [9.17, 15) is 4.79 Å². The van der Waals surface area contributed by atoms with Gasteiger partial charge in [-0.1, -0.05) is 29.8 Å². The van der Waals surface area contributed by atoms with Crippen LogP contribution in [0.2, 0.25) is 0 Å². The van der Waals surface area contributed by atoms with Crippen molar-refractivity contribution in [3.63, 3.8) is 0 Å². The van der Waals surface area contributed by atoms with Crippen molar-refractivity contribution < 1.29 is 9.53 Å². The van der Waals surface area contributed by atoms with Crippen molar-refractivity contribution in [3.8, 4) is 0 Å². The van der Waals surface area contributed by atoms with E-state index in [-0.39, 0.29) is 5.97 Å². The molecular formula is C17H25NO2S. The zero-order valence-electron chi connectivity index (χ0n) is 13.1. The molecule has 0 aliphatic heterocycles. The first kappa shape index (κ1) is 16.4. The summed E-state index contributed by atoms with van der Waals surface area (Å²) in [6, 6.07) is 9.00. The van der Waals surface area contributed by atoms with Gasteiger partial charge in [0.15, 0.2) is 0 Å². The third kappa shape index (κ3) is 5.04. The van der Waals surface area contributed by atoms with Gasteiger partial charge in [-0.15, -0.1) is 0 Å². The maximum atomic E-state index is 12.2. The van der Waals surface area contributed by atoms with E-state index in [4.69, 9.17) is 4.74 Å². The average Bonchev–Trinajstić information content (AvgIpc) is 3.23. The molecule has 1 aliphatic carbocycles. The highest BCUT2D eigenvalue weighted by Gasteiger charge is 2.39. The fourth-order valence-corrected chi connectivity index (χ4v) is 3.43. The van der Waals surface area contributed by atoms with E-state index in [0.29, 0.717) is 12.6 Å². The zero-order chi connectivity index (χ0) is 15.3. The number of ether oxygens (including phenoxy) is 1. The van der Waals surface area contributed by atoms with Gasteiger partial charge in [-0.2, -0.15) is 11.8 Å². The highest BCUT2D eigenvalue weighted by Crippen LogP contribution is 2.26. The molecule has 0 saturated heterocycles. The van der Waals surface area contributed by atoms with E-state index in [2.05, 4.69) is 36.5 Å². The van der Waals surface area contributed by atoms with Gasteiger partial charge >= 0.3 is 5.97 Å². The summed E-state index contributed by atoms with van der Waals surface area (Å²) in [7, 11) is 0. The van der Waals surface area contributed by atoms with Crippen molar-refractivity contribution in [2.75, 3.05) is 12.4 Å². The van der Waals surface area contributed by atoms with Crippen molar-refractivity contribution in [2.45, 2.75) is 50.9 Å². The third-order valence-electron chi connectivity index (χ3n) is 3.57. The maximum Gasteiger partial charge on any atom is 0.326 e. The molecule has 0 aromatic heterocycles. The van der Waals surface area contributed by atoms with Crippen LogP contribution < -0.4 is 5.32 Å². The second kappa shape index (κ2) is 7.32. The minimum absolute atomic E-state index is 0.131. The molecule has 21 heavy (non-hydrogen) atoms. The molecule has 2 rings (SSSR count). The van der Waals surface area contributed by atoms with Crippen LogP contribution in [0.3, 0.4) is 0 Å². The summed E-state index contributed by atoms with van der Waals surface area (Å²) in [5, 5.41) is 3.45. The van der Waals surface area contributed by atoms with E-state index in [1.54, 1.807) is 11.8 Å². The van der Waals surface area contributed by atoms with Crippen molar-refractivity contribution in [1.29, 1.82) is 0 Å². The zero-order valence-corrected chi connectivity index (χ0v) is 14.0. The molecule has 1 unspecified atom stereocenters. The van der Waals surface area contributed by atoms with Gasteiger partial charge < -0.3 is 4.74 Å². The molecule has 4 heteroatoms. The Hall–Kier alpha value is -1.00. The lowest BCUT2D eigenvalue weighted by atomic mass is 10.1. The van der Waals surface area contributed by atoms with E-state index in [1.165, 1.54) is 11.1 Å². The monoisotopic (exact) mass is 307 g/mol. The quantitative estimate of drug-likeness (QED) is 0.748. The number of benzene rings is 1. The molecule has 1 N–H and O–H groups in total. The molecule has 1 atom stereocenters. The fraction of sp³-hybridized carbons (Fsp3) is 0.588. The summed E-state index contributed by atoms with van der Waals surface area (Å²) in [5.41, 5.74) is 2.00. The minimum Gasteiger partial charge on any atom is -0.465 e. The summed E-state index contributed by atoms with van der Waals surface area (Å²) < 4.78 is 5.24. The molecule has 1 saturated carbocycles. The van der Waals surface area contributed by atoms with Crippen LogP contribution in [0.15, 0.2) is 24.3 Å². The standard InChI is InChI=1S/C17H25NO2S/c1-4-20-16(19)17(3,18-15-8-9-15)12-21-11-14-7-5-6-13(2)10-14/h5-7,10,15,18H,4,8-9,11-12H2,1-3H3. The molecule has 3 nitrogen and oxygen atoms in total. The third-order valence-corrected chi connectivity index (χ3v) is 4.89. The SMILES string of the molecule is CCOC(=O)C(C)(CSCc1cccc(C)c1)NC1CC1. The van der Waals surface area contributed by atoms with Gasteiger partial charge in [0, 0.05) is 17.5 Å². The highest BCUT2D eigenvalue weighted by molar-refractivity contribution is 7.98. The maximum absolute atomic E-state index is 12.2. The summed E-state index contributed by atoms with van der Waals surface area (Å²) >= 11 is 1.78. The predicted molar refractivity (Wildman–Crippen MR) is 88.5 cm³/mol. The van der Waals surface area contributed by atoms with E-state index in [0.717, 1.165) is 24.3 Å². The number of hydrogen-bond acceptors (Lipinski definition) is 4. The van der Waals surface area contributed by atoms with Crippen LogP contribution in [-0.2, 0) is 15.3 Å². The van der Waals surface area contributed by atoms with Gasteiger partial charge in [0.05, 0.1) is 6.61 Å². The molecule has 1 aliphatic rings. The Morgan fingerprint density at radius 3 is 2.86 bits per heavy atom. The molecule has 0 radical (unpaired) electrons. The number of carbonyl (C=O) groups excluding carboxylic acids is 1. The van der Waals surface area contributed by atoms with Crippen molar-refractivity contribution in [3.05, 3.63) is 35.4 Å². The Balaban J connectivity index is 1.90. The van der Waals surface area contributed by atoms with Gasteiger partial charge in [-0.3, -0.25) is 10.1 Å². The van der Waals surface area contributed by atoms with Crippen molar-refractivity contribution >= 4 is 17.7 Å². The summed E-state index contributed by atoms with van der Waals surface area (Å²) in [6.07, 6.45) is 2.33. The van der Waals surface area contributed by atoms with E-state index < -0.39 is 5.54 Å². The van der Waals surface area contributed by atoms with E-state index in [1.807, 2.05) is 13.8 Å². The second-order valence-electron chi connectivity index (χ2n) is 5.95. The van der Waals surface area contributed by atoms with Crippen LogP contribution in [0.25, 0.3) is 0 Å². The molecule has 1 fully saturated rings. The molecule has 116 valence electrons. The molecular weight excluding hydrogens is 282 g/mol. The molecule has 0 spiro atoms. The summed E-state index contributed by atoms with van der Waals surface area (Å²) in [6.45, 7) is 6.36. The van der Waals surface area contributed by atoms with Crippen LogP contribution in [0, 0.1) is 6.92 Å². The predicted octanol–water partition coefficient (Wildman–Crippen LogP) is 3.30. The largest absolute Gasteiger partial charge is 0.465 e. The van der Waals surface area contributed by atoms with Crippen molar-refractivity contribution in [1.82, 2.24) is 5.32 Å². The first-order valence-electron chi connectivity index (χ1n) is 7.62. The Kier molecular flexibility index (Phi) is 5.71. The Morgan fingerprint density at radius 2 is 2.24 bits per heavy atom. The molecule has 1 aromatic carbocycles. The van der Waals surface area contributed by atoms with Gasteiger partial charge in [0.1, 0.15) is 5.54 Å². The molecule has 1 aromatic rings.